The number of hydrogen-bond acceptors (Lipinski definition) is 2. The van der Waals surface area contributed by atoms with Gasteiger partial charge >= 0.3 is 5.43 Å². The molecule has 0 saturated heterocycles. The summed E-state index contributed by atoms with van der Waals surface area (Å²) < 4.78 is 5.39. The van der Waals surface area contributed by atoms with E-state index < -0.39 is 5.43 Å². The molecule has 0 radical (unpaired) electrons. The Labute approximate surface area is 207 Å². The number of hydrogen-bond donors (Lipinski definition) is 0. The average molecular weight is 475 g/mol. The first-order valence-corrected chi connectivity index (χ1v) is 14.2. The van der Waals surface area contributed by atoms with Crippen molar-refractivity contribution in [3.8, 4) is 0 Å². The number of rotatable bonds is 6. The molecule has 0 aromatic rings. The fourth-order valence-corrected chi connectivity index (χ4v) is 9.17. The standard InChI is InChI=1S/C30H47ClO2/c1-7-21(19(2)3)9-8-20(4)25-12-13-26-24-11-10-22-18-23(33-28(31)32)14-16-29(22,5)27(24)15-17-30(25,26)6/h8-10,19-21,23-27H,7,11-18H2,1-6H3/b9-8-/t20-,21+,23-,24+,25-,26+,27+,29-,30+/m0/s1. The number of ether oxygens (including phenoxy) is 1. The topological polar surface area (TPSA) is 26.3 Å². The predicted octanol–water partition coefficient (Wildman–Crippen LogP) is 9.18. The third-order valence-corrected chi connectivity index (χ3v) is 11.1. The molecule has 9 atom stereocenters. The maximum absolute atomic E-state index is 11.3. The predicted molar refractivity (Wildman–Crippen MR) is 138 cm³/mol. The monoisotopic (exact) mass is 474 g/mol. The zero-order chi connectivity index (χ0) is 24.0. The number of halogens is 1. The lowest BCUT2D eigenvalue weighted by Crippen LogP contribution is -2.51. The van der Waals surface area contributed by atoms with E-state index in [1.807, 2.05) is 0 Å². The van der Waals surface area contributed by atoms with Gasteiger partial charge in [-0.1, -0.05) is 65.3 Å². The maximum atomic E-state index is 11.3. The van der Waals surface area contributed by atoms with E-state index in [0.29, 0.717) is 17.3 Å². The Balaban J connectivity index is 1.49. The molecule has 0 bridgehead atoms. The number of carbonyl (C=O) groups excluding carboxylic acids is 1. The first kappa shape index (κ1) is 25.3. The molecule has 0 amide bonds. The van der Waals surface area contributed by atoms with Crippen molar-refractivity contribution in [1.29, 1.82) is 0 Å². The molecular formula is C30H47ClO2. The zero-order valence-corrected chi connectivity index (χ0v) is 22.7. The Morgan fingerprint density at radius 2 is 1.88 bits per heavy atom. The van der Waals surface area contributed by atoms with Crippen molar-refractivity contribution in [2.45, 2.75) is 105 Å². The molecular weight excluding hydrogens is 428 g/mol. The molecule has 4 rings (SSSR count). The lowest BCUT2D eigenvalue weighted by Gasteiger charge is -2.58. The summed E-state index contributed by atoms with van der Waals surface area (Å²) in [5, 5.41) is 0. The largest absolute Gasteiger partial charge is 0.450 e. The van der Waals surface area contributed by atoms with E-state index in [4.69, 9.17) is 16.3 Å². The minimum absolute atomic E-state index is 0.0268. The molecule has 4 aliphatic rings. The van der Waals surface area contributed by atoms with Gasteiger partial charge in [0.15, 0.2) is 0 Å². The van der Waals surface area contributed by atoms with Crippen LogP contribution < -0.4 is 0 Å². The Kier molecular flexibility index (Phi) is 7.46. The molecule has 0 spiro atoms. The highest BCUT2D eigenvalue weighted by atomic mass is 35.5. The summed E-state index contributed by atoms with van der Waals surface area (Å²) in [6.45, 7) is 14.7. The summed E-state index contributed by atoms with van der Waals surface area (Å²) in [5.74, 6) is 5.41. The fraction of sp³-hybridized carbons (Fsp3) is 0.833. The highest BCUT2D eigenvalue weighted by molar-refractivity contribution is 6.61. The third-order valence-electron chi connectivity index (χ3n) is 11.0. The second kappa shape index (κ2) is 9.71. The summed E-state index contributed by atoms with van der Waals surface area (Å²) in [6.07, 6.45) is 18.6. The SMILES string of the molecule is CC[C@H](/C=C\[C@H](C)[C@@H]1CC[C@@H]2[C@H]3CC=C4C[C@@H](OC(=O)Cl)CC[C@]4(C)[C@@H]3CC[C@@]21C)C(C)C. The zero-order valence-electron chi connectivity index (χ0n) is 21.9. The van der Waals surface area contributed by atoms with Crippen LogP contribution in [0.4, 0.5) is 4.79 Å². The van der Waals surface area contributed by atoms with E-state index in [1.165, 1.54) is 38.5 Å². The Hall–Kier alpha value is -0.760. The van der Waals surface area contributed by atoms with E-state index >= 15 is 0 Å². The molecule has 33 heavy (non-hydrogen) atoms. The maximum Gasteiger partial charge on any atom is 0.404 e. The minimum atomic E-state index is -0.648. The Morgan fingerprint density at radius 1 is 1.12 bits per heavy atom. The van der Waals surface area contributed by atoms with E-state index in [1.54, 1.807) is 5.57 Å². The van der Waals surface area contributed by atoms with Crippen LogP contribution in [0.15, 0.2) is 23.8 Å². The van der Waals surface area contributed by atoms with Crippen molar-refractivity contribution in [2.24, 2.45) is 52.3 Å². The van der Waals surface area contributed by atoms with Gasteiger partial charge in [0.05, 0.1) is 0 Å². The average Bonchev–Trinajstić information content (AvgIpc) is 3.11. The molecule has 0 aromatic heterocycles. The van der Waals surface area contributed by atoms with Crippen molar-refractivity contribution in [3.63, 3.8) is 0 Å². The van der Waals surface area contributed by atoms with Crippen LogP contribution in [-0.2, 0) is 4.74 Å². The second-order valence-corrected chi connectivity index (χ2v) is 13.1. The molecule has 2 nitrogen and oxygen atoms in total. The van der Waals surface area contributed by atoms with E-state index in [2.05, 4.69) is 59.8 Å². The van der Waals surface area contributed by atoms with Gasteiger partial charge in [-0.2, -0.15) is 0 Å². The van der Waals surface area contributed by atoms with E-state index in [-0.39, 0.29) is 11.5 Å². The lowest BCUT2D eigenvalue weighted by molar-refractivity contribution is -0.0541. The van der Waals surface area contributed by atoms with Crippen LogP contribution in [0.5, 0.6) is 0 Å². The lowest BCUT2D eigenvalue weighted by atomic mass is 9.47. The van der Waals surface area contributed by atoms with Crippen molar-refractivity contribution < 1.29 is 9.53 Å². The van der Waals surface area contributed by atoms with Gasteiger partial charge in [-0.3, -0.25) is 0 Å². The smallest absolute Gasteiger partial charge is 0.404 e. The van der Waals surface area contributed by atoms with Crippen LogP contribution in [0.2, 0.25) is 0 Å². The van der Waals surface area contributed by atoms with E-state index in [0.717, 1.165) is 48.9 Å². The number of carbonyl (C=O) groups is 1. The first-order chi connectivity index (χ1) is 15.6. The molecule has 4 aliphatic carbocycles. The number of fused-ring (bicyclic) bond motifs is 5. The molecule has 3 saturated carbocycles. The third kappa shape index (κ3) is 4.60. The number of allylic oxidation sites excluding steroid dienone is 3. The molecule has 0 aliphatic heterocycles. The highest BCUT2D eigenvalue weighted by Gasteiger charge is 2.59. The molecule has 0 heterocycles. The molecule has 0 N–H and O–H groups in total. The molecule has 3 heteroatoms. The van der Waals surface area contributed by atoms with Gasteiger partial charge in [0.1, 0.15) is 6.10 Å². The molecule has 3 fully saturated rings. The molecule has 186 valence electrons. The normalized spacial score (nSPS) is 42.3. The molecule has 0 aromatic carbocycles. The van der Waals surface area contributed by atoms with Crippen LogP contribution in [0, 0.1) is 52.3 Å². The van der Waals surface area contributed by atoms with Gasteiger partial charge in [0.25, 0.3) is 0 Å². The first-order valence-electron chi connectivity index (χ1n) is 13.8. The summed E-state index contributed by atoms with van der Waals surface area (Å²) >= 11 is 5.52. The van der Waals surface area contributed by atoms with Crippen LogP contribution in [0.25, 0.3) is 0 Å². The Bertz CT molecular complexity index is 784. The summed E-state index contributed by atoms with van der Waals surface area (Å²) in [5.41, 5.74) is 1.67. The van der Waals surface area contributed by atoms with Gasteiger partial charge in [-0.05, 0) is 104 Å². The van der Waals surface area contributed by atoms with Crippen molar-refractivity contribution in [3.05, 3.63) is 23.8 Å². The summed E-state index contributed by atoms with van der Waals surface area (Å²) in [6, 6.07) is 0. The Morgan fingerprint density at radius 3 is 2.55 bits per heavy atom. The second-order valence-electron chi connectivity index (χ2n) is 12.8. The quantitative estimate of drug-likeness (QED) is 0.283. The fourth-order valence-electron chi connectivity index (χ4n) is 9.05. The summed E-state index contributed by atoms with van der Waals surface area (Å²) in [4.78, 5) is 11.3. The van der Waals surface area contributed by atoms with Crippen LogP contribution in [-0.4, -0.2) is 11.5 Å². The molecule has 0 unspecified atom stereocenters. The summed E-state index contributed by atoms with van der Waals surface area (Å²) in [7, 11) is 0. The van der Waals surface area contributed by atoms with Crippen molar-refractivity contribution >= 4 is 17.0 Å². The van der Waals surface area contributed by atoms with E-state index in [9.17, 15) is 4.79 Å². The van der Waals surface area contributed by atoms with Gasteiger partial charge in [0.2, 0.25) is 0 Å². The van der Waals surface area contributed by atoms with Gasteiger partial charge < -0.3 is 4.74 Å². The van der Waals surface area contributed by atoms with Gasteiger partial charge in [-0.15, -0.1) is 0 Å². The van der Waals surface area contributed by atoms with Crippen molar-refractivity contribution in [2.75, 3.05) is 0 Å². The van der Waals surface area contributed by atoms with Gasteiger partial charge in [0, 0.05) is 18.0 Å². The van der Waals surface area contributed by atoms with Crippen LogP contribution in [0.3, 0.4) is 0 Å². The minimum Gasteiger partial charge on any atom is -0.450 e. The van der Waals surface area contributed by atoms with Crippen LogP contribution >= 0.6 is 11.6 Å². The van der Waals surface area contributed by atoms with Crippen LogP contribution in [0.1, 0.15) is 99.3 Å². The highest BCUT2D eigenvalue weighted by Crippen LogP contribution is 2.67. The van der Waals surface area contributed by atoms with Crippen molar-refractivity contribution in [1.82, 2.24) is 0 Å². The van der Waals surface area contributed by atoms with Gasteiger partial charge in [-0.25, -0.2) is 4.79 Å².